The summed E-state index contributed by atoms with van der Waals surface area (Å²) in [5, 5.41) is 2.90. The fraction of sp³-hybridized carbons (Fsp3) is 0.611. The second-order valence-electron chi connectivity index (χ2n) is 6.59. The SMILES string of the molecule is CCOc1cc(NC(=O)C2(N)CC(OCC)C2(C)C)ccc1OC.Cl. The molecule has 7 heteroatoms. The number of benzene rings is 1. The molecular formula is C18H29ClN2O4. The van der Waals surface area contributed by atoms with Crippen LogP contribution in [-0.4, -0.2) is 37.9 Å². The third-order valence-electron chi connectivity index (χ3n) is 4.96. The molecule has 1 amide bonds. The molecule has 1 aromatic carbocycles. The molecule has 25 heavy (non-hydrogen) atoms. The highest BCUT2D eigenvalue weighted by molar-refractivity contribution is 6.00. The van der Waals surface area contributed by atoms with Crippen molar-refractivity contribution in [2.24, 2.45) is 11.1 Å². The number of amides is 1. The Morgan fingerprint density at radius 1 is 1.28 bits per heavy atom. The van der Waals surface area contributed by atoms with Crippen molar-refractivity contribution in [3.8, 4) is 11.5 Å². The second-order valence-corrected chi connectivity index (χ2v) is 6.59. The fourth-order valence-electron chi connectivity index (χ4n) is 3.09. The van der Waals surface area contributed by atoms with Gasteiger partial charge in [-0.25, -0.2) is 0 Å². The standard InChI is InChI=1S/C18H28N2O4.ClH/c1-6-23-14-10-12(8-9-13(14)22-5)20-16(21)18(19)11-15(24-7-2)17(18,3)4;/h8-10,15H,6-7,11,19H2,1-5H3,(H,20,21);1H. The van der Waals surface area contributed by atoms with Crippen LogP contribution in [0.15, 0.2) is 18.2 Å². The molecule has 1 fully saturated rings. The minimum atomic E-state index is -0.960. The van der Waals surface area contributed by atoms with Gasteiger partial charge in [0.05, 0.1) is 19.8 Å². The minimum absolute atomic E-state index is 0. The molecule has 0 saturated heterocycles. The van der Waals surface area contributed by atoms with Gasteiger partial charge in [0.25, 0.3) is 0 Å². The third-order valence-corrected chi connectivity index (χ3v) is 4.96. The lowest BCUT2D eigenvalue weighted by Crippen LogP contribution is -2.74. The van der Waals surface area contributed by atoms with Gasteiger partial charge in [-0.15, -0.1) is 12.4 Å². The Kier molecular flexibility index (Phi) is 7.11. The van der Waals surface area contributed by atoms with E-state index >= 15 is 0 Å². The molecule has 1 aromatic rings. The number of halogens is 1. The highest BCUT2D eigenvalue weighted by Gasteiger charge is 2.62. The first-order valence-corrected chi connectivity index (χ1v) is 8.33. The molecular weight excluding hydrogens is 344 g/mol. The lowest BCUT2D eigenvalue weighted by Gasteiger charge is -2.57. The van der Waals surface area contributed by atoms with Crippen LogP contribution >= 0.6 is 12.4 Å². The Labute approximate surface area is 155 Å². The van der Waals surface area contributed by atoms with Gasteiger partial charge < -0.3 is 25.3 Å². The van der Waals surface area contributed by atoms with Gasteiger partial charge in [-0.2, -0.15) is 0 Å². The normalized spacial score (nSPS) is 23.8. The van der Waals surface area contributed by atoms with Crippen LogP contribution < -0.4 is 20.5 Å². The minimum Gasteiger partial charge on any atom is -0.493 e. The van der Waals surface area contributed by atoms with E-state index < -0.39 is 11.0 Å². The van der Waals surface area contributed by atoms with E-state index in [1.54, 1.807) is 25.3 Å². The number of ether oxygens (including phenoxy) is 3. The first-order chi connectivity index (χ1) is 11.3. The van der Waals surface area contributed by atoms with Crippen molar-refractivity contribution in [1.29, 1.82) is 0 Å². The number of anilines is 1. The molecule has 1 aliphatic carbocycles. The van der Waals surface area contributed by atoms with Crippen LogP contribution in [-0.2, 0) is 9.53 Å². The van der Waals surface area contributed by atoms with E-state index in [0.29, 0.717) is 36.8 Å². The number of carbonyl (C=O) groups excluding carboxylic acids is 1. The van der Waals surface area contributed by atoms with E-state index in [1.165, 1.54) is 0 Å². The maximum absolute atomic E-state index is 12.7. The molecule has 0 bridgehead atoms. The van der Waals surface area contributed by atoms with Crippen molar-refractivity contribution in [3.63, 3.8) is 0 Å². The van der Waals surface area contributed by atoms with E-state index in [-0.39, 0.29) is 24.4 Å². The maximum atomic E-state index is 12.7. The highest BCUT2D eigenvalue weighted by atomic mass is 35.5. The number of rotatable bonds is 7. The predicted octanol–water partition coefficient (Wildman–Crippen LogP) is 2.99. The lowest BCUT2D eigenvalue weighted by molar-refractivity contribution is -0.166. The zero-order valence-electron chi connectivity index (χ0n) is 15.5. The summed E-state index contributed by atoms with van der Waals surface area (Å²) in [4.78, 5) is 12.7. The molecule has 0 radical (unpaired) electrons. The van der Waals surface area contributed by atoms with Gasteiger partial charge in [0.15, 0.2) is 11.5 Å². The molecule has 2 atom stereocenters. The van der Waals surface area contributed by atoms with Crippen molar-refractivity contribution in [2.45, 2.75) is 45.8 Å². The Hall–Kier alpha value is -1.50. The van der Waals surface area contributed by atoms with Crippen LogP contribution in [0.3, 0.4) is 0 Å². The van der Waals surface area contributed by atoms with Crippen molar-refractivity contribution in [2.75, 3.05) is 25.6 Å². The van der Waals surface area contributed by atoms with Gasteiger partial charge in [0, 0.05) is 30.2 Å². The maximum Gasteiger partial charge on any atom is 0.245 e. The van der Waals surface area contributed by atoms with Gasteiger partial charge in [-0.3, -0.25) is 4.79 Å². The van der Waals surface area contributed by atoms with Gasteiger partial charge in [-0.1, -0.05) is 13.8 Å². The van der Waals surface area contributed by atoms with E-state index in [1.807, 2.05) is 27.7 Å². The molecule has 0 aliphatic heterocycles. The summed E-state index contributed by atoms with van der Waals surface area (Å²) < 4.78 is 16.5. The van der Waals surface area contributed by atoms with E-state index in [0.717, 1.165) is 0 Å². The summed E-state index contributed by atoms with van der Waals surface area (Å²) in [6, 6.07) is 5.28. The average Bonchev–Trinajstić information content (AvgIpc) is 2.55. The van der Waals surface area contributed by atoms with Crippen LogP contribution in [0.1, 0.15) is 34.1 Å². The Morgan fingerprint density at radius 2 is 1.96 bits per heavy atom. The topological polar surface area (TPSA) is 82.8 Å². The van der Waals surface area contributed by atoms with E-state index in [2.05, 4.69) is 5.32 Å². The average molecular weight is 373 g/mol. The number of hydrogen-bond acceptors (Lipinski definition) is 5. The third kappa shape index (κ3) is 3.86. The molecule has 2 rings (SSSR count). The summed E-state index contributed by atoms with van der Waals surface area (Å²) in [5.74, 6) is 0.998. The summed E-state index contributed by atoms with van der Waals surface area (Å²) in [6.45, 7) is 8.90. The first-order valence-electron chi connectivity index (χ1n) is 8.33. The van der Waals surface area contributed by atoms with Crippen molar-refractivity contribution in [3.05, 3.63) is 18.2 Å². The van der Waals surface area contributed by atoms with Gasteiger partial charge in [-0.05, 0) is 26.0 Å². The quantitative estimate of drug-likeness (QED) is 0.768. The molecule has 0 aromatic heterocycles. The molecule has 6 nitrogen and oxygen atoms in total. The van der Waals surface area contributed by atoms with Crippen molar-refractivity contribution in [1.82, 2.24) is 0 Å². The Bertz CT molecular complexity index is 609. The molecule has 0 heterocycles. The number of nitrogens with two attached hydrogens (primary N) is 1. The summed E-state index contributed by atoms with van der Waals surface area (Å²) >= 11 is 0. The Morgan fingerprint density at radius 3 is 2.48 bits per heavy atom. The van der Waals surface area contributed by atoms with Crippen LogP contribution in [0.2, 0.25) is 0 Å². The van der Waals surface area contributed by atoms with Crippen LogP contribution in [0.4, 0.5) is 5.69 Å². The molecule has 2 unspecified atom stereocenters. The number of carbonyl (C=O) groups is 1. The predicted molar refractivity (Wildman–Crippen MR) is 101 cm³/mol. The van der Waals surface area contributed by atoms with E-state index in [4.69, 9.17) is 19.9 Å². The number of hydrogen-bond donors (Lipinski definition) is 2. The van der Waals surface area contributed by atoms with Gasteiger partial charge >= 0.3 is 0 Å². The smallest absolute Gasteiger partial charge is 0.245 e. The van der Waals surface area contributed by atoms with Crippen molar-refractivity contribution >= 4 is 24.0 Å². The van der Waals surface area contributed by atoms with Crippen LogP contribution in [0.5, 0.6) is 11.5 Å². The van der Waals surface area contributed by atoms with Gasteiger partial charge in [0.2, 0.25) is 5.91 Å². The summed E-state index contributed by atoms with van der Waals surface area (Å²) in [5.41, 5.74) is 5.64. The zero-order valence-corrected chi connectivity index (χ0v) is 16.4. The molecule has 3 N–H and O–H groups in total. The molecule has 1 aliphatic rings. The zero-order chi connectivity index (χ0) is 18.0. The monoisotopic (exact) mass is 372 g/mol. The number of nitrogens with one attached hydrogen (secondary N) is 1. The summed E-state index contributed by atoms with van der Waals surface area (Å²) in [7, 11) is 1.58. The molecule has 0 spiro atoms. The summed E-state index contributed by atoms with van der Waals surface area (Å²) in [6.07, 6.45) is 0.502. The van der Waals surface area contributed by atoms with Gasteiger partial charge in [0.1, 0.15) is 5.54 Å². The first kappa shape index (κ1) is 21.5. The second kappa shape index (κ2) is 8.25. The highest BCUT2D eigenvalue weighted by Crippen LogP contribution is 2.50. The molecule has 142 valence electrons. The largest absolute Gasteiger partial charge is 0.493 e. The Balaban J connectivity index is 0.00000312. The van der Waals surface area contributed by atoms with Crippen LogP contribution in [0, 0.1) is 5.41 Å². The van der Waals surface area contributed by atoms with E-state index in [9.17, 15) is 4.79 Å². The number of methoxy groups -OCH3 is 1. The van der Waals surface area contributed by atoms with Crippen molar-refractivity contribution < 1.29 is 19.0 Å². The van der Waals surface area contributed by atoms with Crippen LogP contribution in [0.25, 0.3) is 0 Å². The molecule has 1 saturated carbocycles. The fourth-order valence-corrected chi connectivity index (χ4v) is 3.09. The lowest BCUT2D eigenvalue weighted by atomic mass is 9.54.